The Morgan fingerprint density at radius 2 is 1.61 bits per heavy atom. The Labute approximate surface area is 195 Å². The van der Waals surface area contributed by atoms with Crippen molar-refractivity contribution in [3.05, 3.63) is 29.8 Å². The lowest BCUT2D eigenvalue weighted by molar-refractivity contribution is -0.136. The molecule has 3 N–H and O–H groups in total. The van der Waals surface area contributed by atoms with Crippen molar-refractivity contribution in [3.63, 3.8) is 0 Å². The first-order valence-corrected chi connectivity index (χ1v) is 11.1. The Balaban J connectivity index is 0.00000272. The van der Waals surface area contributed by atoms with E-state index in [1.807, 2.05) is 0 Å². The predicted molar refractivity (Wildman–Crippen MR) is 126 cm³/mol. The maximum absolute atomic E-state index is 13.1. The lowest BCUT2D eigenvalue weighted by Crippen LogP contribution is -2.44. The zero-order valence-electron chi connectivity index (χ0n) is 17.6. The van der Waals surface area contributed by atoms with Crippen LogP contribution in [0, 0.1) is 5.92 Å². The molecule has 1 heterocycles. The van der Waals surface area contributed by atoms with Gasteiger partial charge in [-0.25, -0.2) is 9.59 Å². The molecule has 0 bridgehead atoms. The van der Waals surface area contributed by atoms with Crippen LogP contribution in [0.5, 0.6) is 0 Å². The number of rotatable bonds is 4. The highest BCUT2D eigenvalue weighted by atomic mass is 19.4. The number of nitrogens with zero attached hydrogens (tertiary/aromatic N) is 1. The fourth-order valence-corrected chi connectivity index (χ4v) is 4.29. The lowest BCUT2D eigenvalue weighted by atomic mass is 9.97. The van der Waals surface area contributed by atoms with Crippen molar-refractivity contribution in [1.29, 1.82) is 0 Å². The second kappa shape index (κ2) is 13.3. The molecule has 0 aromatic heterocycles. The molecule has 1 aliphatic heterocycles. The Morgan fingerprint density at radius 3 is 2.27 bits per heavy atom. The molecule has 0 spiro atoms. The third-order valence-corrected chi connectivity index (χ3v) is 6.04. The number of amides is 4. The number of carbonyl (C=O) groups is 2. The van der Waals surface area contributed by atoms with Crippen molar-refractivity contribution in [1.82, 2.24) is 15.5 Å². The van der Waals surface area contributed by atoms with Crippen LogP contribution < -0.4 is 16.0 Å². The van der Waals surface area contributed by atoms with Crippen molar-refractivity contribution in [3.8, 4) is 0 Å². The van der Waals surface area contributed by atoms with E-state index in [-0.39, 0.29) is 38.5 Å². The molecule has 1 aliphatic carbocycles. The smallest absolute Gasteiger partial charge is 0.338 e. The first kappa shape index (κ1) is 28.6. The van der Waals surface area contributed by atoms with Crippen molar-refractivity contribution >= 4 is 17.7 Å². The molecule has 6 nitrogen and oxygen atoms in total. The van der Waals surface area contributed by atoms with Gasteiger partial charge < -0.3 is 20.9 Å². The van der Waals surface area contributed by atoms with E-state index in [1.54, 1.807) is 0 Å². The molecule has 1 aromatic carbocycles. The maximum Gasteiger partial charge on any atom is 0.418 e. The van der Waals surface area contributed by atoms with Crippen LogP contribution in [0.3, 0.4) is 0 Å². The molecule has 0 radical (unpaired) electrons. The van der Waals surface area contributed by atoms with Crippen LogP contribution in [0.1, 0.15) is 71.8 Å². The van der Waals surface area contributed by atoms with Gasteiger partial charge in [-0.05, 0) is 37.3 Å². The fraction of sp³-hybridized carbons (Fsp3) is 0.667. The molecule has 2 aliphatic rings. The number of urea groups is 2. The quantitative estimate of drug-likeness (QED) is 0.485. The highest BCUT2D eigenvalue weighted by molar-refractivity contribution is 5.90. The number of hydrogen-bond donors (Lipinski definition) is 3. The van der Waals surface area contributed by atoms with E-state index in [0.29, 0.717) is 26.1 Å². The number of hydrogen-bond acceptors (Lipinski definition) is 2. The van der Waals surface area contributed by atoms with Gasteiger partial charge in [0.2, 0.25) is 0 Å². The number of carbonyl (C=O) groups excluding carboxylic acids is 2. The molecule has 1 atom stereocenters. The molecular formula is C24H39F3N4O2. The van der Waals surface area contributed by atoms with Crippen molar-refractivity contribution in [2.45, 2.75) is 78.4 Å². The van der Waals surface area contributed by atoms with E-state index in [4.69, 9.17) is 0 Å². The van der Waals surface area contributed by atoms with Crippen LogP contribution in [-0.4, -0.2) is 42.6 Å². The SMILES string of the molecule is C.C.O=C(NCC1CCN(C(=O)Nc2ccccc2C(F)(F)F)C1)NC1CCCCCCC1. The molecule has 3 rings (SSSR count). The van der Waals surface area contributed by atoms with Gasteiger partial charge in [0, 0.05) is 25.7 Å². The van der Waals surface area contributed by atoms with E-state index in [2.05, 4.69) is 16.0 Å². The summed E-state index contributed by atoms with van der Waals surface area (Å²) in [5.74, 6) is 0.0756. The van der Waals surface area contributed by atoms with Crippen LogP contribution in [0.25, 0.3) is 0 Å². The summed E-state index contributed by atoms with van der Waals surface area (Å²) < 4.78 is 39.3. The average molecular weight is 473 g/mol. The van der Waals surface area contributed by atoms with Crippen molar-refractivity contribution < 1.29 is 22.8 Å². The predicted octanol–water partition coefficient (Wildman–Crippen LogP) is 6.24. The van der Waals surface area contributed by atoms with E-state index >= 15 is 0 Å². The van der Waals surface area contributed by atoms with Crippen LogP contribution >= 0.6 is 0 Å². The first-order valence-electron chi connectivity index (χ1n) is 11.1. The molecule has 33 heavy (non-hydrogen) atoms. The third-order valence-electron chi connectivity index (χ3n) is 6.04. The van der Waals surface area contributed by atoms with Gasteiger partial charge in [0.05, 0.1) is 11.3 Å². The molecular weight excluding hydrogens is 433 g/mol. The highest BCUT2D eigenvalue weighted by Crippen LogP contribution is 2.34. The fourth-order valence-electron chi connectivity index (χ4n) is 4.29. The van der Waals surface area contributed by atoms with Crippen molar-refractivity contribution in [2.75, 3.05) is 25.0 Å². The number of benzene rings is 1. The summed E-state index contributed by atoms with van der Waals surface area (Å²) in [7, 11) is 0. The number of para-hydroxylation sites is 1. The number of alkyl halides is 3. The number of anilines is 1. The van der Waals surface area contributed by atoms with Gasteiger partial charge in [-0.2, -0.15) is 13.2 Å². The summed E-state index contributed by atoms with van der Waals surface area (Å²) >= 11 is 0. The van der Waals surface area contributed by atoms with Gasteiger partial charge in [0.25, 0.3) is 0 Å². The van der Waals surface area contributed by atoms with Crippen molar-refractivity contribution in [2.24, 2.45) is 5.92 Å². The minimum atomic E-state index is -4.54. The summed E-state index contributed by atoms with van der Waals surface area (Å²) in [6.07, 6.45) is 4.13. The second-order valence-electron chi connectivity index (χ2n) is 8.47. The van der Waals surface area contributed by atoms with Gasteiger partial charge >= 0.3 is 18.2 Å². The summed E-state index contributed by atoms with van der Waals surface area (Å²) in [6.45, 7) is 1.27. The first-order chi connectivity index (χ1) is 14.8. The van der Waals surface area contributed by atoms with E-state index in [1.165, 1.54) is 42.4 Å². The molecule has 9 heteroatoms. The number of likely N-dealkylation sites (tertiary alicyclic amines) is 1. The highest BCUT2D eigenvalue weighted by Gasteiger charge is 2.34. The largest absolute Gasteiger partial charge is 0.418 e. The lowest BCUT2D eigenvalue weighted by Gasteiger charge is -2.22. The van der Waals surface area contributed by atoms with E-state index in [9.17, 15) is 22.8 Å². The second-order valence-corrected chi connectivity index (χ2v) is 8.47. The van der Waals surface area contributed by atoms with Crippen LogP contribution in [-0.2, 0) is 6.18 Å². The summed E-state index contributed by atoms with van der Waals surface area (Å²) in [5, 5.41) is 8.31. The third kappa shape index (κ3) is 8.78. The Morgan fingerprint density at radius 1 is 0.970 bits per heavy atom. The van der Waals surface area contributed by atoms with Crippen LogP contribution in [0.15, 0.2) is 24.3 Å². The molecule has 1 saturated carbocycles. The molecule has 1 aromatic rings. The standard InChI is InChI=1S/C22H31F3N4O2.2CH4/c23-22(24,25)18-10-6-7-11-19(18)28-21(31)29-13-12-16(15-29)14-26-20(30)27-17-8-4-2-1-3-5-9-17;;/h6-7,10-11,16-17H,1-5,8-9,12-15H2,(H,28,31)(H2,26,27,30);2*1H4. The number of halogens is 3. The van der Waals surface area contributed by atoms with Gasteiger partial charge in [-0.1, -0.05) is 59.1 Å². The maximum atomic E-state index is 13.1. The normalized spacial score (nSPS) is 19.4. The molecule has 2 fully saturated rings. The van der Waals surface area contributed by atoms with E-state index < -0.39 is 17.8 Å². The summed E-state index contributed by atoms with van der Waals surface area (Å²) in [4.78, 5) is 26.2. The minimum absolute atomic E-state index is 0. The average Bonchev–Trinajstić information content (AvgIpc) is 3.17. The zero-order valence-corrected chi connectivity index (χ0v) is 17.6. The molecule has 4 amide bonds. The van der Waals surface area contributed by atoms with Gasteiger partial charge in [-0.3, -0.25) is 0 Å². The molecule has 1 unspecified atom stereocenters. The van der Waals surface area contributed by atoms with Gasteiger partial charge in [0.1, 0.15) is 0 Å². The van der Waals surface area contributed by atoms with Crippen LogP contribution in [0.2, 0.25) is 0 Å². The van der Waals surface area contributed by atoms with Crippen LogP contribution in [0.4, 0.5) is 28.4 Å². The molecule has 1 saturated heterocycles. The Kier molecular flexibility index (Phi) is 11.5. The number of nitrogens with one attached hydrogen (secondary N) is 3. The summed E-state index contributed by atoms with van der Waals surface area (Å²) in [6, 6.07) is 4.40. The zero-order chi connectivity index (χ0) is 22.3. The van der Waals surface area contributed by atoms with Gasteiger partial charge in [0.15, 0.2) is 0 Å². The summed E-state index contributed by atoms with van der Waals surface area (Å²) in [5.41, 5.74) is -1.12. The minimum Gasteiger partial charge on any atom is -0.338 e. The Hall–Kier alpha value is -2.45. The monoisotopic (exact) mass is 472 g/mol. The molecule has 188 valence electrons. The van der Waals surface area contributed by atoms with Gasteiger partial charge in [-0.15, -0.1) is 0 Å². The Bertz CT molecular complexity index is 749. The topological polar surface area (TPSA) is 73.5 Å². The van der Waals surface area contributed by atoms with E-state index in [0.717, 1.165) is 31.7 Å².